The van der Waals surface area contributed by atoms with Crippen LogP contribution >= 0.6 is 0 Å². The average Bonchev–Trinajstić information content (AvgIpc) is 2.25. The van der Waals surface area contributed by atoms with E-state index in [-0.39, 0.29) is 25.3 Å². The molecule has 20 heavy (non-hydrogen) atoms. The smallest absolute Gasteiger partial charge is 0.324 e. The van der Waals surface area contributed by atoms with Crippen molar-refractivity contribution < 1.29 is 24.3 Å². The maximum absolute atomic E-state index is 11.8. The summed E-state index contributed by atoms with van der Waals surface area (Å²) in [6.07, 6.45) is -0.244. The third kappa shape index (κ3) is 5.25. The number of carbonyl (C=O) groups is 4. The standard InChI is InChI=1S/C12H19N3O5/c1-12(2,6-10(18)19)5-8(16)14-11(20)15-4-3-13-9(17)7-15/h3-7H2,1-2H3,(H,13,17)(H,18,19)(H,14,16,20). The third-order valence-electron chi connectivity index (χ3n) is 2.84. The third-order valence-corrected chi connectivity index (χ3v) is 2.84. The van der Waals surface area contributed by atoms with Crippen LogP contribution in [0.25, 0.3) is 0 Å². The van der Waals surface area contributed by atoms with Gasteiger partial charge in [0.15, 0.2) is 0 Å². The highest BCUT2D eigenvalue weighted by Gasteiger charge is 2.28. The first kappa shape index (κ1) is 15.9. The Hall–Kier alpha value is -2.12. The Morgan fingerprint density at radius 2 is 2.00 bits per heavy atom. The number of imide groups is 1. The van der Waals surface area contributed by atoms with Gasteiger partial charge in [-0.15, -0.1) is 0 Å². The van der Waals surface area contributed by atoms with Gasteiger partial charge in [0.05, 0.1) is 6.42 Å². The number of nitrogens with zero attached hydrogens (tertiary/aromatic N) is 1. The fourth-order valence-corrected chi connectivity index (χ4v) is 1.96. The Bertz CT molecular complexity index is 433. The Labute approximate surface area is 116 Å². The molecule has 0 radical (unpaired) electrons. The second-order valence-corrected chi connectivity index (χ2v) is 5.54. The predicted molar refractivity (Wildman–Crippen MR) is 68.8 cm³/mol. The topological polar surface area (TPSA) is 116 Å². The van der Waals surface area contributed by atoms with Crippen molar-refractivity contribution in [1.29, 1.82) is 0 Å². The lowest BCUT2D eigenvalue weighted by Crippen LogP contribution is -2.54. The maximum Gasteiger partial charge on any atom is 0.324 e. The van der Waals surface area contributed by atoms with Gasteiger partial charge in [-0.25, -0.2) is 4.79 Å². The maximum atomic E-state index is 11.8. The van der Waals surface area contributed by atoms with Gasteiger partial charge in [-0.3, -0.25) is 19.7 Å². The molecule has 1 rings (SSSR count). The van der Waals surface area contributed by atoms with Crippen molar-refractivity contribution in [2.24, 2.45) is 5.41 Å². The van der Waals surface area contributed by atoms with Crippen LogP contribution in [-0.4, -0.2) is 53.5 Å². The van der Waals surface area contributed by atoms with Crippen LogP contribution in [-0.2, 0) is 14.4 Å². The molecular weight excluding hydrogens is 266 g/mol. The average molecular weight is 285 g/mol. The Kier molecular flexibility index (Phi) is 5.06. The van der Waals surface area contributed by atoms with Gasteiger partial charge < -0.3 is 15.3 Å². The molecule has 0 atom stereocenters. The van der Waals surface area contributed by atoms with Gasteiger partial charge in [0.2, 0.25) is 11.8 Å². The molecule has 1 aliphatic heterocycles. The highest BCUT2D eigenvalue weighted by Crippen LogP contribution is 2.24. The van der Waals surface area contributed by atoms with Crippen molar-refractivity contribution in [2.45, 2.75) is 26.7 Å². The molecule has 1 aliphatic rings. The lowest BCUT2D eigenvalue weighted by Gasteiger charge is -2.27. The second-order valence-electron chi connectivity index (χ2n) is 5.54. The molecule has 1 saturated heterocycles. The van der Waals surface area contributed by atoms with E-state index in [1.807, 2.05) is 0 Å². The number of urea groups is 1. The van der Waals surface area contributed by atoms with Crippen LogP contribution in [0.2, 0.25) is 0 Å². The lowest BCUT2D eigenvalue weighted by atomic mass is 9.85. The molecule has 1 fully saturated rings. The molecular formula is C12H19N3O5. The van der Waals surface area contributed by atoms with Crippen LogP contribution in [0.4, 0.5) is 4.79 Å². The quantitative estimate of drug-likeness (QED) is 0.646. The van der Waals surface area contributed by atoms with E-state index in [2.05, 4.69) is 10.6 Å². The molecule has 3 N–H and O–H groups in total. The van der Waals surface area contributed by atoms with Crippen molar-refractivity contribution >= 4 is 23.8 Å². The number of hydrogen-bond donors (Lipinski definition) is 3. The monoisotopic (exact) mass is 285 g/mol. The summed E-state index contributed by atoms with van der Waals surface area (Å²) in [5.74, 6) is -1.82. The van der Waals surface area contributed by atoms with Gasteiger partial charge in [-0.1, -0.05) is 13.8 Å². The number of carboxylic acids is 1. The molecule has 0 aromatic heterocycles. The Morgan fingerprint density at radius 1 is 1.35 bits per heavy atom. The summed E-state index contributed by atoms with van der Waals surface area (Å²) in [5, 5.41) is 13.5. The van der Waals surface area contributed by atoms with Crippen molar-refractivity contribution in [1.82, 2.24) is 15.5 Å². The summed E-state index contributed by atoms with van der Waals surface area (Å²) in [5.41, 5.74) is -0.741. The van der Waals surface area contributed by atoms with Crippen LogP contribution in [0.15, 0.2) is 0 Å². The minimum atomic E-state index is -0.998. The van der Waals surface area contributed by atoms with Crippen molar-refractivity contribution in [3.63, 3.8) is 0 Å². The molecule has 8 heteroatoms. The molecule has 0 aromatic rings. The zero-order valence-electron chi connectivity index (χ0n) is 11.6. The van der Waals surface area contributed by atoms with E-state index in [4.69, 9.17) is 5.11 Å². The number of rotatable bonds is 4. The second kappa shape index (κ2) is 6.36. The van der Waals surface area contributed by atoms with Crippen LogP contribution < -0.4 is 10.6 Å². The van der Waals surface area contributed by atoms with E-state index in [0.717, 1.165) is 0 Å². The molecule has 0 saturated carbocycles. The summed E-state index contributed by atoms with van der Waals surface area (Å²) in [6.45, 7) is 3.88. The number of hydrogen-bond acceptors (Lipinski definition) is 4. The van der Waals surface area contributed by atoms with Crippen LogP contribution in [0, 0.1) is 5.41 Å². The van der Waals surface area contributed by atoms with Crippen LogP contribution in [0.5, 0.6) is 0 Å². The molecule has 8 nitrogen and oxygen atoms in total. The first-order valence-electron chi connectivity index (χ1n) is 6.27. The van der Waals surface area contributed by atoms with E-state index in [1.165, 1.54) is 4.90 Å². The number of piperazine rings is 1. The first-order valence-corrected chi connectivity index (χ1v) is 6.27. The number of nitrogens with one attached hydrogen (secondary N) is 2. The molecule has 112 valence electrons. The summed E-state index contributed by atoms with van der Waals surface area (Å²) in [6, 6.07) is -0.629. The minimum Gasteiger partial charge on any atom is -0.481 e. The SMILES string of the molecule is CC(C)(CC(=O)O)CC(=O)NC(=O)N1CCNC(=O)C1. The van der Waals surface area contributed by atoms with Crippen LogP contribution in [0.3, 0.4) is 0 Å². The lowest BCUT2D eigenvalue weighted by molar-refractivity contribution is -0.139. The molecule has 0 spiro atoms. The molecule has 1 heterocycles. The van der Waals surface area contributed by atoms with Crippen molar-refractivity contribution in [3.05, 3.63) is 0 Å². The Balaban J connectivity index is 2.47. The van der Waals surface area contributed by atoms with E-state index in [9.17, 15) is 19.2 Å². The van der Waals surface area contributed by atoms with Crippen molar-refractivity contribution in [2.75, 3.05) is 19.6 Å². The highest BCUT2D eigenvalue weighted by molar-refractivity contribution is 5.96. The summed E-state index contributed by atoms with van der Waals surface area (Å²) in [4.78, 5) is 46.5. The molecule has 4 amide bonds. The zero-order valence-corrected chi connectivity index (χ0v) is 11.6. The van der Waals surface area contributed by atoms with E-state index in [0.29, 0.717) is 13.1 Å². The molecule has 0 aromatic carbocycles. The minimum absolute atomic E-state index is 0.0783. The van der Waals surface area contributed by atoms with Gasteiger partial charge >= 0.3 is 12.0 Å². The summed E-state index contributed by atoms with van der Waals surface area (Å²) >= 11 is 0. The van der Waals surface area contributed by atoms with Gasteiger partial charge in [0.25, 0.3) is 0 Å². The van der Waals surface area contributed by atoms with Gasteiger partial charge in [0, 0.05) is 19.5 Å². The fourth-order valence-electron chi connectivity index (χ4n) is 1.96. The van der Waals surface area contributed by atoms with Gasteiger partial charge in [0.1, 0.15) is 6.54 Å². The van der Waals surface area contributed by atoms with Gasteiger partial charge in [-0.05, 0) is 5.41 Å². The van der Waals surface area contributed by atoms with E-state index in [1.54, 1.807) is 13.8 Å². The molecule has 0 unspecified atom stereocenters. The normalized spacial score (nSPS) is 15.5. The van der Waals surface area contributed by atoms with E-state index >= 15 is 0 Å². The fraction of sp³-hybridized carbons (Fsp3) is 0.667. The van der Waals surface area contributed by atoms with Gasteiger partial charge in [-0.2, -0.15) is 0 Å². The Morgan fingerprint density at radius 3 is 2.55 bits per heavy atom. The summed E-state index contributed by atoms with van der Waals surface area (Å²) in [7, 11) is 0. The largest absolute Gasteiger partial charge is 0.481 e. The highest BCUT2D eigenvalue weighted by atomic mass is 16.4. The first-order chi connectivity index (χ1) is 9.19. The van der Waals surface area contributed by atoms with E-state index < -0.39 is 23.3 Å². The summed E-state index contributed by atoms with van der Waals surface area (Å²) < 4.78 is 0. The number of carbonyl (C=O) groups excluding carboxylic acids is 3. The molecule has 0 bridgehead atoms. The van der Waals surface area contributed by atoms with Crippen LogP contribution in [0.1, 0.15) is 26.7 Å². The number of amides is 4. The zero-order chi connectivity index (χ0) is 15.3. The number of aliphatic carboxylic acids is 1. The van der Waals surface area contributed by atoms with Crippen molar-refractivity contribution in [3.8, 4) is 0 Å². The molecule has 0 aliphatic carbocycles. The number of carboxylic acid groups (broad SMARTS) is 1. The predicted octanol–water partition coefficient (Wildman–Crippen LogP) is -0.455.